The first-order valence-electron chi connectivity index (χ1n) is 5.14. The molecule has 0 bridgehead atoms. The number of aliphatic hydroxyl groups excluding tert-OH is 1. The van der Waals surface area contributed by atoms with E-state index in [1.807, 2.05) is 19.9 Å². The normalized spacial score (nSPS) is 11.7. The van der Waals surface area contributed by atoms with Crippen molar-refractivity contribution in [3.8, 4) is 0 Å². The van der Waals surface area contributed by atoms with E-state index in [2.05, 4.69) is 5.32 Å². The quantitative estimate of drug-likeness (QED) is 0.781. The zero-order chi connectivity index (χ0) is 11.3. The second-order valence-electron chi connectivity index (χ2n) is 4.34. The number of rotatable bonds is 5. The molecule has 1 aromatic rings. The highest BCUT2D eigenvalue weighted by atomic mass is 19.1. The van der Waals surface area contributed by atoms with Crippen LogP contribution in [-0.2, 0) is 6.54 Å². The van der Waals surface area contributed by atoms with Crippen molar-refractivity contribution in [2.24, 2.45) is 0 Å². The van der Waals surface area contributed by atoms with E-state index in [1.165, 1.54) is 12.1 Å². The molecule has 1 rings (SSSR count). The lowest BCUT2D eigenvalue weighted by Gasteiger charge is -2.25. The molecule has 2 nitrogen and oxygen atoms in total. The van der Waals surface area contributed by atoms with Crippen LogP contribution in [-0.4, -0.2) is 17.3 Å². The van der Waals surface area contributed by atoms with Gasteiger partial charge in [0.05, 0.1) is 0 Å². The first-order valence-corrected chi connectivity index (χ1v) is 5.14. The standard InChI is InChI=1S/C12H18FNO/c1-12(2,6-7-15)14-9-10-4-3-5-11(13)8-10/h3-5,8,14-15H,6-7,9H2,1-2H3. The van der Waals surface area contributed by atoms with Crippen molar-refractivity contribution in [3.05, 3.63) is 35.6 Å². The summed E-state index contributed by atoms with van der Waals surface area (Å²) in [6.07, 6.45) is 0.683. The summed E-state index contributed by atoms with van der Waals surface area (Å²) in [7, 11) is 0. The van der Waals surface area contributed by atoms with Crippen molar-refractivity contribution >= 4 is 0 Å². The SMILES string of the molecule is CC(C)(CCO)NCc1cccc(F)c1. The van der Waals surface area contributed by atoms with Gasteiger partial charge in [0.1, 0.15) is 5.82 Å². The molecule has 1 aromatic carbocycles. The summed E-state index contributed by atoms with van der Waals surface area (Å²) in [6, 6.07) is 6.53. The average Bonchev–Trinajstić information content (AvgIpc) is 2.15. The van der Waals surface area contributed by atoms with Crippen LogP contribution in [0.25, 0.3) is 0 Å². The highest BCUT2D eigenvalue weighted by Crippen LogP contribution is 2.10. The van der Waals surface area contributed by atoms with E-state index < -0.39 is 0 Å². The monoisotopic (exact) mass is 211 g/mol. The fourth-order valence-electron chi connectivity index (χ4n) is 1.36. The Morgan fingerprint density at radius 3 is 2.73 bits per heavy atom. The molecule has 0 spiro atoms. The van der Waals surface area contributed by atoms with E-state index in [0.717, 1.165) is 5.56 Å². The molecule has 0 amide bonds. The van der Waals surface area contributed by atoms with Crippen LogP contribution in [0.15, 0.2) is 24.3 Å². The number of hydrogen-bond acceptors (Lipinski definition) is 2. The van der Waals surface area contributed by atoms with E-state index in [4.69, 9.17) is 5.11 Å². The molecule has 15 heavy (non-hydrogen) atoms. The van der Waals surface area contributed by atoms with Crippen molar-refractivity contribution in [2.75, 3.05) is 6.61 Å². The summed E-state index contributed by atoms with van der Waals surface area (Å²) in [4.78, 5) is 0. The second kappa shape index (κ2) is 5.24. The first-order chi connectivity index (χ1) is 7.03. The predicted molar refractivity (Wildman–Crippen MR) is 59.0 cm³/mol. The van der Waals surface area contributed by atoms with E-state index in [-0.39, 0.29) is 18.0 Å². The Balaban J connectivity index is 2.49. The lowest BCUT2D eigenvalue weighted by atomic mass is 10.0. The molecule has 0 aromatic heterocycles. The van der Waals surface area contributed by atoms with Gasteiger partial charge in [-0.3, -0.25) is 0 Å². The fourth-order valence-corrected chi connectivity index (χ4v) is 1.36. The number of nitrogens with one attached hydrogen (secondary N) is 1. The Hall–Kier alpha value is -0.930. The molecule has 0 aliphatic rings. The minimum Gasteiger partial charge on any atom is -0.396 e. The third kappa shape index (κ3) is 4.40. The molecule has 84 valence electrons. The molecule has 0 aliphatic carbocycles. The van der Waals surface area contributed by atoms with Crippen LogP contribution >= 0.6 is 0 Å². The second-order valence-corrected chi connectivity index (χ2v) is 4.34. The average molecular weight is 211 g/mol. The highest BCUT2D eigenvalue weighted by molar-refractivity contribution is 5.16. The van der Waals surface area contributed by atoms with Gasteiger partial charge in [-0.2, -0.15) is 0 Å². The van der Waals surface area contributed by atoms with Crippen molar-refractivity contribution in [2.45, 2.75) is 32.4 Å². The Morgan fingerprint density at radius 2 is 2.13 bits per heavy atom. The van der Waals surface area contributed by atoms with Crippen LogP contribution < -0.4 is 5.32 Å². The summed E-state index contributed by atoms with van der Waals surface area (Å²) in [5, 5.41) is 12.1. The summed E-state index contributed by atoms with van der Waals surface area (Å²) in [6.45, 7) is 4.80. The van der Waals surface area contributed by atoms with Crippen molar-refractivity contribution in [3.63, 3.8) is 0 Å². The summed E-state index contributed by atoms with van der Waals surface area (Å²) < 4.78 is 12.9. The summed E-state index contributed by atoms with van der Waals surface area (Å²) in [5.74, 6) is -0.214. The van der Waals surface area contributed by atoms with Crippen LogP contribution in [0.4, 0.5) is 4.39 Å². The minimum absolute atomic E-state index is 0.124. The smallest absolute Gasteiger partial charge is 0.123 e. The van der Waals surface area contributed by atoms with Gasteiger partial charge in [0.15, 0.2) is 0 Å². The molecular weight excluding hydrogens is 193 g/mol. The third-order valence-corrected chi connectivity index (χ3v) is 2.40. The Bertz CT molecular complexity index is 312. The number of aliphatic hydroxyl groups is 1. The van der Waals surface area contributed by atoms with Crippen LogP contribution in [0, 0.1) is 5.82 Å². The minimum atomic E-state index is -0.214. The van der Waals surface area contributed by atoms with Gasteiger partial charge < -0.3 is 10.4 Å². The third-order valence-electron chi connectivity index (χ3n) is 2.40. The molecule has 3 heteroatoms. The Labute approximate surface area is 90.1 Å². The van der Waals surface area contributed by atoms with Gasteiger partial charge in [0.2, 0.25) is 0 Å². The summed E-state index contributed by atoms with van der Waals surface area (Å²) >= 11 is 0. The molecule has 0 unspecified atom stereocenters. The van der Waals surface area contributed by atoms with E-state index in [1.54, 1.807) is 6.07 Å². The largest absolute Gasteiger partial charge is 0.396 e. The fraction of sp³-hybridized carbons (Fsp3) is 0.500. The van der Waals surface area contributed by atoms with E-state index in [9.17, 15) is 4.39 Å². The number of hydrogen-bond donors (Lipinski definition) is 2. The van der Waals surface area contributed by atoms with Crippen molar-refractivity contribution in [1.29, 1.82) is 0 Å². The van der Waals surface area contributed by atoms with Crippen molar-refractivity contribution in [1.82, 2.24) is 5.32 Å². The maximum Gasteiger partial charge on any atom is 0.123 e. The predicted octanol–water partition coefficient (Wildman–Crippen LogP) is 2.08. The van der Waals surface area contributed by atoms with Gasteiger partial charge in [0.25, 0.3) is 0 Å². The van der Waals surface area contributed by atoms with Gasteiger partial charge in [0, 0.05) is 18.7 Å². The highest BCUT2D eigenvalue weighted by Gasteiger charge is 2.15. The van der Waals surface area contributed by atoms with Crippen molar-refractivity contribution < 1.29 is 9.50 Å². The zero-order valence-corrected chi connectivity index (χ0v) is 9.26. The maximum atomic E-state index is 12.9. The van der Waals surface area contributed by atoms with Gasteiger partial charge in [-0.05, 0) is 38.0 Å². The van der Waals surface area contributed by atoms with E-state index in [0.29, 0.717) is 13.0 Å². The Morgan fingerprint density at radius 1 is 1.40 bits per heavy atom. The molecular formula is C12H18FNO. The van der Waals surface area contributed by atoms with Gasteiger partial charge in [-0.15, -0.1) is 0 Å². The Kier molecular flexibility index (Phi) is 4.24. The lowest BCUT2D eigenvalue weighted by molar-refractivity contribution is 0.230. The number of halogens is 1. The maximum absolute atomic E-state index is 12.9. The van der Waals surface area contributed by atoms with Crippen LogP contribution in [0.2, 0.25) is 0 Å². The zero-order valence-electron chi connectivity index (χ0n) is 9.26. The van der Waals surface area contributed by atoms with Crippen LogP contribution in [0.1, 0.15) is 25.8 Å². The molecule has 0 radical (unpaired) electrons. The molecule has 0 saturated carbocycles. The molecule has 0 heterocycles. The van der Waals surface area contributed by atoms with Gasteiger partial charge in [-0.25, -0.2) is 4.39 Å². The first kappa shape index (κ1) is 12.1. The molecule has 2 N–H and O–H groups in total. The van der Waals surface area contributed by atoms with Gasteiger partial charge in [-0.1, -0.05) is 12.1 Å². The van der Waals surface area contributed by atoms with Crippen LogP contribution in [0.3, 0.4) is 0 Å². The van der Waals surface area contributed by atoms with E-state index >= 15 is 0 Å². The lowest BCUT2D eigenvalue weighted by Crippen LogP contribution is -2.39. The summed E-state index contributed by atoms with van der Waals surface area (Å²) in [5.41, 5.74) is 0.794. The topological polar surface area (TPSA) is 32.3 Å². The van der Waals surface area contributed by atoms with Crippen LogP contribution in [0.5, 0.6) is 0 Å². The molecule has 0 aliphatic heterocycles. The number of benzene rings is 1. The molecule has 0 atom stereocenters. The van der Waals surface area contributed by atoms with Gasteiger partial charge >= 0.3 is 0 Å². The molecule has 0 saturated heterocycles. The molecule has 0 fully saturated rings.